The van der Waals surface area contributed by atoms with Crippen molar-refractivity contribution >= 4 is 45.8 Å². The van der Waals surface area contributed by atoms with Gasteiger partial charge in [-0.1, -0.05) is 47.6 Å². The van der Waals surface area contributed by atoms with E-state index >= 15 is 0 Å². The molecule has 3 rings (SSSR count). The van der Waals surface area contributed by atoms with Crippen LogP contribution in [0.15, 0.2) is 53.5 Å². The number of hydrogen-bond donors (Lipinski definition) is 1. The highest BCUT2D eigenvalue weighted by Crippen LogP contribution is 2.23. The van der Waals surface area contributed by atoms with Gasteiger partial charge in [-0.3, -0.25) is 4.79 Å². The van der Waals surface area contributed by atoms with Gasteiger partial charge in [-0.25, -0.2) is 4.99 Å². The summed E-state index contributed by atoms with van der Waals surface area (Å²) in [6.45, 7) is 4.83. The van der Waals surface area contributed by atoms with Crippen LogP contribution in [-0.4, -0.2) is 48.0 Å². The van der Waals surface area contributed by atoms with Crippen LogP contribution in [0.3, 0.4) is 0 Å². The smallest absolute Gasteiger partial charge is 0.234 e. The number of hydrogen-bond acceptors (Lipinski definition) is 4. The van der Waals surface area contributed by atoms with Crippen molar-refractivity contribution in [1.82, 2.24) is 4.90 Å². The monoisotopic (exact) mass is 403 g/mol. The third-order valence-corrected chi connectivity index (χ3v) is 5.32. The number of benzene rings is 2. The number of amides is 1. The number of aryl methyl sites for hydroxylation is 1. The van der Waals surface area contributed by atoms with Crippen LogP contribution in [0.2, 0.25) is 5.02 Å². The highest BCUT2D eigenvalue weighted by molar-refractivity contribution is 8.14. The molecule has 1 aliphatic heterocycles. The predicted molar refractivity (Wildman–Crippen MR) is 113 cm³/mol. The van der Waals surface area contributed by atoms with Crippen molar-refractivity contribution in [3.05, 3.63) is 59.1 Å². The molecule has 0 saturated carbocycles. The zero-order valence-electron chi connectivity index (χ0n) is 15.2. The number of anilines is 1. The second kappa shape index (κ2) is 9.78. The van der Waals surface area contributed by atoms with Gasteiger partial charge < -0.3 is 15.0 Å². The Balaban J connectivity index is 1.66. The van der Waals surface area contributed by atoms with E-state index < -0.39 is 0 Å². The summed E-state index contributed by atoms with van der Waals surface area (Å²) in [6, 6.07) is 15.3. The Morgan fingerprint density at radius 1 is 1.22 bits per heavy atom. The Morgan fingerprint density at radius 3 is 2.67 bits per heavy atom. The van der Waals surface area contributed by atoms with Gasteiger partial charge in [0.1, 0.15) is 0 Å². The second-order valence-corrected chi connectivity index (χ2v) is 7.50. The molecule has 2 aromatic rings. The summed E-state index contributed by atoms with van der Waals surface area (Å²) in [5.74, 6) is 0.146. The summed E-state index contributed by atoms with van der Waals surface area (Å²) in [4.78, 5) is 19.3. The van der Waals surface area contributed by atoms with Crippen molar-refractivity contribution in [3.63, 3.8) is 0 Å². The molecule has 0 spiro atoms. The summed E-state index contributed by atoms with van der Waals surface area (Å²) < 4.78 is 5.43. The summed E-state index contributed by atoms with van der Waals surface area (Å²) in [7, 11) is 0. The maximum Gasteiger partial charge on any atom is 0.234 e. The van der Waals surface area contributed by atoms with Crippen molar-refractivity contribution < 1.29 is 9.53 Å². The molecule has 1 N–H and O–H groups in total. The van der Waals surface area contributed by atoms with Gasteiger partial charge in [0.25, 0.3) is 0 Å². The molecular weight excluding hydrogens is 382 g/mol. The van der Waals surface area contributed by atoms with Crippen LogP contribution < -0.4 is 5.32 Å². The number of morpholine rings is 1. The highest BCUT2D eigenvalue weighted by atomic mass is 35.5. The van der Waals surface area contributed by atoms with E-state index in [4.69, 9.17) is 21.3 Å². The summed E-state index contributed by atoms with van der Waals surface area (Å²) in [5, 5.41) is 4.24. The molecular formula is C20H22ClN3O2S. The molecule has 0 atom stereocenters. The molecule has 0 aromatic heterocycles. The fourth-order valence-corrected chi connectivity index (χ4v) is 3.75. The predicted octanol–water partition coefficient (Wildman–Crippen LogP) is 4.34. The number of halogens is 1. The molecule has 0 bridgehead atoms. The minimum absolute atomic E-state index is 0.111. The van der Waals surface area contributed by atoms with Gasteiger partial charge in [0.05, 0.1) is 35.4 Å². The lowest BCUT2D eigenvalue weighted by atomic mass is 10.2. The minimum atomic E-state index is -0.111. The number of carbonyl (C=O) groups excluding carboxylic acids is 1. The first-order valence-electron chi connectivity index (χ1n) is 8.77. The molecule has 5 nitrogen and oxygen atoms in total. The van der Waals surface area contributed by atoms with E-state index in [2.05, 4.69) is 10.2 Å². The summed E-state index contributed by atoms with van der Waals surface area (Å²) >= 11 is 7.62. The number of aliphatic imine (C=N–C) groups is 1. The molecule has 142 valence electrons. The largest absolute Gasteiger partial charge is 0.378 e. The molecule has 1 fully saturated rings. The van der Waals surface area contributed by atoms with Crippen LogP contribution >= 0.6 is 23.4 Å². The van der Waals surface area contributed by atoms with E-state index in [0.717, 1.165) is 29.5 Å². The number of thioether (sulfide) groups is 1. The lowest BCUT2D eigenvalue weighted by Crippen LogP contribution is -2.39. The Morgan fingerprint density at radius 2 is 1.96 bits per heavy atom. The van der Waals surface area contributed by atoms with Crippen molar-refractivity contribution in [2.24, 2.45) is 4.99 Å². The number of amidine groups is 1. The minimum Gasteiger partial charge on any atom is -0.378 e. The summed E-state index contributed by atoms with van der Waals surface area (Å²) in [5.41, 5.74) is 2.55. The first-order valence-corrected chi connectivity index (χ1v) is 10.1. The average molecular weight is 404 g/mol. The van der Waals surface area contributed by atoms with E-state index in [0.29, 0.717) is 23.9 Å². The van der Waals surface area contributed by atoms with Crippen molar-refractivity contribution in [2.75, 3.05) is 37.4 Å². The molecule has 1 saturated heterocycles. The topological polar surface area (TPSA) is 53.9 Å². The first-order chi connectivity index (χ1) is 13.1. The normalized spacial score (nSPS) is 14.9. The molecule has 0 radical (unpaired) electrons. The molecule has 1 heterocycles. The molecule has 0 aliphatic carbocycles. The zero-order valence-corrected chi connectivity index (χ0v) is 16.7. The van der Waals surface area contributed by atoms with Gasteiger partial charge >= 0.3 is 0 Å². The van der Waals surface area contributed by atoms with Crippen LogP contribution in [0.4, 0.5) is 11.4 Å². The fraction of sp³-hybridized carbons (Fsp3) is 0.300. The maximum atomic E-state index is 12.4. The highest BCUT2D eigenvalue weighted by Gasteiger charge is 2.17. The van der Waals surface area contributed by atoms with Gasteiger partial charge in [0.2, 0.25) is 5.91 Å². The lowest BCUT2D eigenvalue weighted by Gasteiger charge is -2.29. The number of rotatable bonds is 4. The van der Waals surface area contributed by atoms with Crippen LogP contribution in [0.1, 0.15) is 5.56 Å². The Hall–Kier alpha value is -2.02. The second-order valence-electron chi connectivity index (χ2n) is 6.15. The molecule has 7 heteroatoms. The molecule has 1 aliphatic rings. The van der Waals surface area contributed by atoms with Gasteiger partial charge in [-0.2, -0.15) is 0 Å². The summed E-state index contributed by atoms with van der Waals surface area (Å²) in [6.07, 6.45) is 0. The van der Waals surface area contributed by atoms with Crippen molar-refractivity contribution in [3.8, 4) is 0 Å². The van der Waals surface area contributed by atoms with E-state index in [9.17, 15) is 4.79 Å². The lowest BCUT2D eigenvalue weighted by molar-refractivity contribution is -0.113. The number of para-hydroxylation sites is 1. The SMILES string of the molecule is Cc1ccc(NC(=O)CSC(=Nc2ccccc2)N2CCOCC2)c(Cl)c1. The van der Waals surface area contributed by atoms with Crippen molar-refractivity contribution in [2.45, 2.75) is 6.92 Å². The number of nitrogens with zero attached hydrogens (tertiary/aromatic N) is 2. The Labute approximate surface area is 168 Å². The van der Waals surface area contributed by atoms with Crippen LogP contribution in [0, 0.1) is 6.92 Å². The quantitative estimate of drug-likeness (QED) is 0.609. The molecule has 0 unspecified atom stereocenters. The van der Waals surface area contributed by atoms with Crippen LogP contribution in [0.5, 0.6) is 0 Å². The number of nitrogens with one attached hydrogen (secondary N) is 1. The van der Waals surface area contributed by atoms with E-state index in [-0.39, 0.29) is 11.7 Å². The van der Waals surface area contributed by atoms with Crippen LogP contribution in [0.25, 0.3) is 0 Å². The van der Waals surface area contributed by atoms with Gasteiger partial charge in [0.15, 0.2) is 5.17 Å². The Bertz CT molecular complexity index is 808. The maximum absolute atomic E-state index is 12.4. The van der Waals surface area contributed by atoms with Gasteiger partial charge in [0, 0.05) is 13.1 Å². The average Bonchev–Trinajstić information content (AvgIpc) is 2.69. The third-order valence-electron chi connectivity index (χ3n) is 3.99. The van der Waals surface area contributed by atoms with Crippen molar-refractivity contribution in [1.29, 1.82) is 0 Å². The Kier molecular flexibility index (Phi) is 7.15. The van der Waals surface area contributed by atoms with Crippen LogP contribution in [-0.2, 0) is 9.53 Å². The molecule has 27 heavy (non-hydrogen) atoms. The number of ether oxygens (including phenoxy) is 1. The third kappa shape index (κ3) is 5.99. The molecule has 2 aromatic carbocycles. The van der Waals surface area contributed by atoms with E-state index in [1.807, 2.05) is 55.5 Å². The molecule has 1 amide bonds. The fourth-order valence-electron chi connectivity index (χ4n) is 2.60. The first kappa shape index (κ1) is 19.7. The van der Waals surface area contributed by atoms with Gasteiger partial charge in [-0.15, -0.1) is 0 Å². The van der Waals surface area contributed by atoms with E-state index in [1.165, 1.54) is 11.8 Å². The van der Waals surface area contributed by atoms with Gasteiger partial charge in [-0.05, 0) is 36.8 Å². The zero-order chi connectivity index (χ0) is 19.1. The number of carbonyl (C=O) groups is 1. The van der Waals surface area contributed by atoms with E-state index in [1.54, 1.807) is 0 Å². The standard InChI is InChI=1S/C20H22ClN3O2S/c1-15-7-8-18(17(21)13-15)23-19(25)14-27-20(24-9-11-26-12-10-24)22-16-5-3-2-4-6-16/h2-8,13H,9-12,14H2,1H3,(H,23,25).